The number of anilines is 1. The van der Waals surface area contributed by atoms with Crippen LogP contribution in [0.4, 0.5) is 5.95 Å². The average molecular weight is 458 g/mol. The van der Waals surface area contributed by atoms with Gasteiger partial charge in [-0.3, -0.25) is 4.98 Å². The maximum absolute atomic E-state index is 13.5. The van der Waals surface area contributed by atoms with E-state index in [0.717, 1.165) is 23.1 Å². The van der Waals surface area contributed by atoms with Crippen molar-refractivity contribution in [2.24, 2.45) is 0 Å². The Morgan fingerprint density at radius 2 is 1.84 bits per heavy atom. The minimum atomic E-state index is -3.71. The van der Waals surface area contributed by atoms with E-state index >= 15 is 0 Å². The second-order valence-corrected chi connectivity index (χ2v) is 10.1. The topological polar surface area (TPSA) is 79.3 Å². The summed E-state index contributed by atoms with van der Waals surface area (Å²) in [6.45, 7) is 2.41. The molecule has 0 spiro atoms. The van der Waals surface area contributed by atoms with Crippen molar-refractivity contribution in [1.82, 2.24) is 19.3 Å². The highest BCUT2D eigenvalue weighted by Gasteiger charge is 2.38. The molecule has 1 aromatic carbocycles. The standard InChI is InChI=1S/C22H24ClN5O2S/c1-15-13-24-11-10-18(15)19-14-25-22(27(2)3)26-21(19)20-5-4-12-28(20)31(29,30)17-8-6-16(23)7-9-17/h6-11,13-14,20H,4-5,12H2,1-3H3/t20-/m0/s1. The first kappa shape index (κ1) is 21.7. The van der Waals surface area contributed by atoms with Crippen molar-refractivity contribution in [3.8, 4) is 11.1 Å². The van der Waals surface area contributed by atoms with Crippen LogP contribution in [-0.2, 0) is 10.0 Å². The molecule has 3 aromatic rings. The number of benzene rings is 1. The average Bonchev–Trinajstić information content (AvgIpc) is 3.25. The number of rotatable bonds is 5. The van der Waals surface area contributed by atoms with E-state index in [4.69, 9.17) is 16.6 Å². The lowest BCUT2D eigenvalue weighted by Crippen LogP contribution is -2.31. The Balaban J connectivity index is 1.84. The first-order valence-electron chi connectivity index (χ1n) is 10.0. The van der Waals surface area contributed by atoms with Gasteiger partial charge in [-0.1, -0.05) is 11.6 Å². The Morgan fingerprint density at radius 3 is 2.52 bits per heavy atom. The van der Waals surface area contributed by atoms with Crippen LogP contribution in [-0.4, -0.2) is 48.3 Å². The van der Waals surface area contributed by atoms with Gasteiger partial charge < -0.3 is 4.90 Å². The first-order chi connectivity index (χ1) is 14.8. The molecule has 31 heavy (non-hydrogen) atoms. The van der Waals surface area contributed by atoms with E-state index in [1.54, 1.807) is 47.2 Å². The number of halogens is 1. The monoisotopic (exact) mass is 457 g/mol. The number of nitrogens with zero attached hydrogens (tertiary/aromatic N) is 5. The Kier molecular flexibility index (Phi) is 5.96. The molecule has 7 nitrogen and oxygen atoms in total. The highest BCUT2D eigenvalue weighted by atomic mass is 35.5. The summed E-state index contributed by atoms with van der Waals surface area (Å²) in [5, 5.41) is 0.499. The van der Waals surface area contributed by atoms with E-state index in [2.05, 4.69) is 9.97 Å². The summed E-state index contributed by atoms with van der Waals surface area (Å²) in [4.78, 5) is 15.5. The summed E-state index contributed by atoms with van der Waals surface area (Å²) in [5.41, 5.74) is 3.47. The number of aryl methyl sites for hydroxylation is 1. The van der Waals surface area contributed by atoms with E-state index in [1.165, 1.54) is 0 Å². The molecule has 0 saturated carbocycles. The van der Waals surface area contributed by atoms with E-state index in [1.807, 2.05) is 32.0 Å². The molecule has 1 atom stereocenters. The van der Waals surface area contributed by atoms with Gasteiger partial charge >= 0.3 is 0 Å². The minimum Gasteiger partial charge on any atom is -0.347 e. The summed E-state index contributed by atoms with van der Waals surface area (Å²) < 4.78 is 28.5. The maximum Gasteiger partial charge on any atom is 0.243 e. The van der Waals surface area contributed by atoms with Crippen molar-refractivity contribution in [3.05, 3.63) is 65.2 Å². The molecule has 0 radical (unpaired) electrons. The highest BCUT2D eigenvalue weighted by molar-refractivity contribution is 7.89. The van der Waals surface area contributed by atoms with Gasteiger partial charge in [0.2, 0.25) is 16.0 Å². The highest BCUT2D eigenvalue weighted by Crippen LogP contribution is 2.40. The lowest BCUT2D eigenvalue weighted by Gasteiger charge is -2.26. The fraction of sp³-hybridized carbons (Fsp3) is 0.318. The van der Waals surface area contributed by atoms with Crippen LogP contribution in [0.25, 0.3) is 11.1 Å². The molecule has 1 saturated heterocycles. The van der Waals surface area contributed by atoms with Gasteiger partial charge in [0.15, 0.2) is 0 Å². The zero-order chi connectivity index (χ0) is 22.2. The summed E-state index contributed by atoms with van der Waals surface area (Å²) in [6.07, 6.45) is 6.74. The van der Waals surface area contributed by atoms with E-state index < -0.39 is 10.0 Å². The third kappa shape index (κ3) is 4.15. The summed E-state index contributed by atoms with van der Waals surface area (Å²) >= 11 is 5.96. The molecular formula is C22H24ClN5O2S. The largest absolute Gasteiger partial charge is 0.347 e. The Hall–Kier alpha value is -2.55. The number of hydrogen-bond acceptors (Lipinski definition) is 6. The van der Waals surface area contributed by atoms with E-state index in [0.29, 0.717) is 29.6 Å². The van der Waals surface area contributed by atoms with Gasteiger partial charge in [0.1, 0.15) is 0 Å². The fourth-order valence-corrected chi connectivity index (χ4v) is 5.67. The van der Waals surface area contributed by atoms with Gasteiger partial charge in [0, 0.05) is 49.8 Å². The maximum atomic E-state index is 13.5. The summed E-state index contributed by atoms with van der Waals surface area (Å²) in [7, 11) is 0.0302. The quantitative estimate of drug-likeness (QED) is 0.574. The predicted octanol–water partition coefficient (Wildman–Crippen LogP) is 4.09. The number of aromatic nitrogens is 3. The zero-order valence-electron chi connectivity index (χ0n) is 17.7. The van der Waals surface area contributed by atoms with Crippen molar-refractivity contribution in [2.45, 2.75) is 30.7 Å². The van der Waals surface area contributed by atoms with Crippen LogP contribution in [0.1, 0.15) is 30.1 Å². The Morgan fingerprint density at radius 1 is 1.10 bits per heavy atom. The minimum absolute atomic E-state index is 0.229. The lowest BCUT2D eigenvalue weighted by molar-refractivity contribution is 0.391. The van der Waals surface area contributed by atoms with Crippen molar-refractivity contribution >= 4 is 27.6 Å². The molecule has 0 aliphatic carbocycles. The van der Waals surface area contributed by atoms with E-state index in [9.17, 15) is 8.42 Å². The van der Waals surface area contributed by atoms with Gasteiger partial charge in [-0.25, -0.2) is 18.4 Å². The van der Waals surface area contributed by atoms with Gasteiger partial charge in [-0.15, -0.1) is 0 Å². The summed E-state index contributed by atoms with van der Waals surface area (Å²) in [6, 6.07) is 7.82. The SMILES string of the molecule is Cc1cnccc1-c1cnc(N(C)C)nc1[C@@H]1CCCN1S(=O)(=O)c1ccc(Cl)cc1. The smallest absolute Gasteiger partial charge is 0.243 e. The molecule has 162 valence electrons. The molecule has 1 fully saturated rings. The zero-order valence-corrected chi connectivity index (χ0v) is 19.2. The lowest BCUT2D eigenvalue weighted by atomic mass is 9.98. The molecule has 9 heteroatoms. The molecule has 0 amide bonds. The molecule has 2 aromatic heterocycles. The fourth-order valence-electron chi connectivity index (χ4n) is 3.88. The molecule has 1 aliphatic rings. The van der Waals surface area contributed by atoms with Crippen LogP contribution < -0.4 is 4.90 Å². The van der Waals surface area contributed by atoms with Crippen molar-refractivity contribution in [1.29, 1.82) is 0 Å². The summed E-state index contributed by atoms with van der Waals surface area (Å²) in [5.74, 6) is 0.543. The third-order valence-electron chi connectivity index (χ3n) is 5.46. The molecule has 0 N–H and O–H groups in total. The van der Waals surface area contributed by atoms with Crippen LogP contribution in [0, 0.1) is 6.92 Å². The number of pyridine rings is 1. The molecule has 3 heterocycles. The Labute approximate surface area is 187 Å². The van der Waals surface area contributed by atoms with Crippen molar-refractivity contribution in [3.63, 3.8) is 0 Å². The van der Waals surface area contributed by atoms with Crippen molar-refractivity contribution < 1.29 is 8.42 Å². The second-order valence-electron chi connectivity index (χ2n) is 7.78. The number of hydrogen-bond donors (Lipinski definition) is 0. The van der Waals surface area contributed by atoms with Crippen LogP contribution >= 0.6 is 11.6 Å². The van der Waals surface area contributed by atoms with Gasteiger partial charge in [0.05, 0.1) is 16.6 Å². The predicted molar refractivity (Wildman–Crippen MR) is 122 cm³/mol. The Bertz CT molecular complexity index is 1200. The van der Waals surface area contributed by atoms with Crippen LogP contribution in [0.3, 0.4) is 0 Å². The van der Waals surface area contributed by atoms with Gasteiger partial charge in [-0.05, 0) is 61.2 Å². The van der Waals surface area contributed by atoms with Crippen LogP contribution in [0.15, 0.2) is 53.8 Å². The van der Waals surface area contributed by atoms with Gasteiger partial charge in [-0.2, -0.15) is 4.31 Å². The third-order valence-corrected chi connectivity index (χ3v) is 7.63. The normalized spacial score (nSPS) is 17.1. The van der Waals surface area contributed by atoms with Crippen LogP contribution in [0.2, 0.25) is 5.02 Å². The molecule has 4 rings (SSSR count). The van der Waals surface area contributed by atoms with E-state index in [-0.39, 0.29) is 10.9 Å². The molecule has 1 aliphatic heterocycles. The molecular weight excluding hydrogens is 434 g/mol. The van der Waals surface area contributed by atoms with Gasteiger partial charge in [0.25, 0.3) is 0 Å². The number of sulfonamides is 1. The molecule has 0 bridgehead atoms. The second kappa shape index (κ2) is 8.53. The van der Waals surface area contributed by atoms with Crippen LogP contribution in [0.5, 0.6) is 0 Å². The van der Waals surface area contributed by atoms with Crippen molar-refractivity contribution in [2.75, 3.05) is 25.5 Å². The molecule has 0 unspecified atom stereocenters. The first-order valence-corrected chi connectivity index (χ1v) is 11.8.